The maximum absolute atomic E-state index is 11.9. The van der Waals surface area contributed by atoms with Gasteiger partial charge < -0.3 is 11.1 Å². The van der Waals surface area contributed by atoms with Crippen LogP contribution in [-0.4, -0.2) is 22.6 Å². The van der Waals surface area contributed by atoms with Crippen LogP contribution >= 0.6 is 11.3 Å². The minimum absolute atomic E-state index is 0.141. The normalized spacial score (nSPS) is 9.79. The van der Waals surface area contributed by atoms with Gasteiger partial charge >= 0.3 is 0 Å². The Morgan fingerprint density at radius 1 is 1.63 bits per heavy atom. The van der Waals surface area contributed by atoms with Crippen LogP contribution in [0.4, 0.5) is 0 Å². The van der Waals surface area contributed by atoms with Gasteiger partial charge in [-0.25, -0.2) is 0 Å². The number of thiophene rings is 1. The fourth-order valence-electron chi connectivity index (χ4n) is 1.57. The van der Waals surface area contributed by atoms with Crippen molar-refractivity contribution < 1.29 is 4.79 Å². The maximum atomic E-state index is 11.9. The third kappa shape index (κ3) is 3.22. The molecule has 0 fully saturated rings. The first kappa shape index (κ1) is 13.3. The fourth-order valence-corrected chi connectivity index (χ4v) is 2.34. The Balaban J connectivity index is 2.02. The van der Waals surface area contributed by atoms with Crippen molar-refractivity contribution in [2.24, 2.45) is 5.73 Å². The number of nitrogens with one attached hydrogen (secondary N) is 2. The topological polar surface area (TPSA) is 83.8 Å². The van der Waals surface area contributed by atoms with Crippen molar-refractivity contribution >= 4 is 17.2 Å². The van der Waals surface area contributed by atoms with E-state index in [2.05, 4.69) is 27.4 Å². The number of nitrogens with zero attached hydrogens (tertiary/aromatic N) is 1. The van der Waals surface area contributed by atoms with Crippen LogP contribution in [0.1, 0.15) is 26.5 Å². The highest BCUT2D eigenvalue weighted by Gasteiger charge is 2.11. The lowest BCUT2D eigenvalue weighted by Crippen LogP contribution is -2.22. The van der Waals surface area contributed by atoms with Crippen molar-refractivity contribution in [3.63, 3.8) is 0 Å². The van der Waals surface area contributed by atoms with E-state index in [9.17, 15) is 4.79 Å². The Labute approximate surface area is 115 Å². The molecule has 4 N–H and O–H groups in total. The molecule has 98 valence electrons. The second-order valence-corrected chi connectivity index (χ2v) is 4.86. The van der Waals surface area contributed by atoms with Crippen LogP contribution in [0.3, 0.4) is 0 Å². The molecule has 0 aliphatic heterocycles. The van der Waals surface area contributed by atoms with Crippen LogP contribution in [-0.2, 0) is 6.54 Å². The molecule has 0 atom stereocenters. The lowest BCUT2D eigenvalue weighted by atomic mass is 10.2. The van der Waals surface area contributed by atoms with E-state index in [-0.39, 0.29) is 5.91 Å². The SMILES string of the molecule is Cc1[nH]ncc1C(=O)NCc1sccc1C#CCN. The number of aryl methyl sites for hydroxylation is 1. The number of H-pyrrole nitrogens is 1. The molecular weight excluding hydrogens is 260 g/mol. The van der Waals surface area contributed by atoms with Gasteiger partial charge in [-0.3, -0.25) is 9.89 Å². The van der Waals surface area contributed by atoms with Crippen molar-refractivity contribution in [2.45, 2.75) is 13.5 Å². The second kappa shape index (κ2) is 6.18. The van der Waals surface area contributed by atoms with Crippen LogP contribution < -0.4 is 11.1 Å². The molecule has 0 saturated carbocycles. The Kier molecular flexibility index (Phi) is 4.34. The van der Waals surface area contributed by atoms with Gasteiger partial charge in [0.25, 0.3) is 5.91 Å². The molecule has 0 aliphatic carbocycles. The highest BCUT2D eigenvalue weighted by molar-refractivity contribution is 7.10. The van der Waals surface area contributed by atoms with Crippen molar-refractivity contribution in [3.05, 3.63) is 39.3 Å². The zero-order valence-corrected chi connectivity index (χ0v) is 11.3. The summed E-state index contributed by atoms with van der Waals surface area (Å²) in [5.41, 5.74) is 7.58. The summed E-state index contributed by atoms with van der Waals surface area (Å²) in [6, 6.07) is 1.93. The van der Waals surface area contributed by atoms with Gasteiger partial charge in [0.05, 0.1) is 24.8 Å². The zero-order chi connectivity index (χ0) is 13.7. The van der Waals surface area contributed by atoms with E-state index in [0.717, 1.165) is 16.1 Å². The van der Waals surface area contributed by atoms with Crippen molar-refractivity contribution in [1.29, 1.82) is 0 Å². The number of hydrogen-bond donors (Lipinski definition) is 3. The summed E-state index contributed by atoms with van der Waals surface area (Å²) in [5.74, 6) is 5.66. The summed E-state index contributed by atoms with van der Waals surface area (Å²) in [4.78, 5) is 12.9. The number of aromatic amines is 1. The first-order valence-corrected chi connectivity index (χ1v) is 6.64. The van der Waals surface area contributed by atoms with E-state index < -0.39 is 0 Å². The van der Waals surface area contributed by atoms with Gasteiger partial charge in [-0.05, 0) is 18.4 Å². The molecule has 0 aliphatic rings. The standard InChI is InChI=1S/C13H14N4OS/c1-9-11(7-16-17-9)13(18)15-8-12-10(3-2-5-14)4-6-19-12/h4,6-7H,5,8,14H2,1H3,(H,15,18)(H,16,17). The number of hydrogen-bond acceptors (Lipinski definition) is 4. The van der Waals surface area contributed by atoms with E-state index in [4.69, 9.17) is 5.73 Å². The van der Waals surface area contributed by atoms with Gasteiger partial charge in [0.15, 0.2) is 0 Å². The van der Waals surface area contributed by atoms with Gasteiger partial charge in [-0.1, -0.05) is 11.8 Å². The lowest BCUT2D eigenvalue weighted by Gasteiger charge is -2.03. The second-order valence-electron chi connectivity index (χ2n) is 3.85. The first-order valence-electron chi connectivity index (χ1n) is 5.76. The molecule has 2 aromatic heterocycles. The Hall–Kier alpha value is -2.10. The summed E-state index contributed by atoms with van der Waals surface area (Å²) in [6.07, 6.45) is 1.52. The zero-order valence-electron chi connectivity index (χ0n) is 10.5. The molecule has 6 heteroatoms. The molecule has 2 aromatic rings. The number of nitrogens with two attached hydrogens (primary N) is 1. The number of carbonyl (C=O) groups is 1. The highest BCUT2D eigenvalue weighted by Crippen LogP contribution is 2.15. The Bertz CT molecular complexity index is 632. The molecular formula is C13H14N4OS. The molecule has 0 unspecified atom stereocenters. The average molecular weight is 274 g/mol. The van der Waals surface area contributed by atoms with Gasteiger partial charge in [0.2, 0.25) is 0 Å². The molecule has 5 nitrogen and oxygen atoms in total. The predicted octanol–water partition coefficient (Wildman–Crippen LogP) is 1.02. The number of carbonyl (C=O) groups excluding carboxylic acids is 1. The van der Waals surface area contributed by atoms with E-state index >= 15 is 0 Å². The minimum Gasteiger partial charge on any atom is -0.347 e. The first-order chi connectivity index (χ1) is 9.22. The van der Waals surface area contributed by atoms with Gasteiger partial charge in [0, 0.05) is 16.1 Å². The number of amides is 1. The largest absolute Gasteiger partial charge is 0.347 e. The average Bonchev–Trinajstić information content (AvgIpc) is 3.02. The van der Waals surface area contributed by atoms with Crippen molar-refractivity contribution in [3.8, 4) is 11.8 Å². The maximum Gasteiger partial charge on any atom is 0.255 e. The third-order valence-corrected chi connectivity index (χ3v) is 3.48. The Morgan fingerprint density at radius 2 is 2.47 bits per heavy atom. The van der Waals surface area contributed by atoms with E-state index in [1.165, 1.54) is 6.20 Å². The molecule has 0 aromatic carbocycles. The minimum atomic E-state index is -0.141. The monoisotopic (exact) mass is 274 g/mol. The van der Waals surface area contributed by atoms with Crippen LogP contribution in [0.25, 0.3) is 0 Å². The van der Waals surface area contributed by atoms with Crippen molar-refractivity contribution in [1.82, 2.24) is 15.5 Å². The predicted molar refractivity (Wildman–Crippen MR) is 74.7 cm³/mol. The van der Waals surface area contributed by atoms with Crippen LogP contribution in [0.15, 0.2) is 17.6 Å². The number of rotatable bonds is 3. The van der Waals surface area contributed by atoms with Gasteiger partial charge in [-0.15, -0.1) is 11.3 Å². The molecule has 1 amide bonds. The molecule has 19 heavy (non-hydrogen) atoms. The summed E-state index contributed by atoms with van der Waals surface area (Å²) in [7, 11) is 0. The van der Waals surface area contributed by atoms with E-state index in [1.54, 1.807) is 11.3 Å². The Morgan fingerprint density at radius 3 is 3.16 bits per heavy atom. The fraction of sp³-hybridized carbons (Fsp3) is 0.231. The van der Waals surface area contributed by atoms with E-state index in [1.807, 2.05) is 18.4 Å². The van der Waals surface area contributed by atoms with Crippen LogP contribution in [0.2, 0.25) is 0 Å². The molecule has 0 saturated heterocycles. The molecule has 2 heterocycles. The summed E-state index contributed by atoms with van der Waals surface area (Å²) in [5, 5.41) is 11.4. The van der Waals surface area contributed by atoms with Gasteiger partial charge in [0.1, 0.15) is 0 Å². The molecule has 0 radical (unpaired) electrons. The number of aromatic nitrogens is 2. The van der Waals surface area contributed by atoms with Gasteiger partial charge in [-0.2, -0.15) is 5.10 Å². The smallest absolute Gasteiger partial charge is 0.255 e. The summed E-state index contributed by atoms with van der Waals surface area (Å²) >= 11 is 1.56. The molecule has 0 spiro atoms. The van der Waals surface area contributed by atoms with Crippen LogP contribution in [0.5, 0.6) is 0 Å². The van der Waals surface area contributed by atoms with E-state index in [0.29, 0.717) is 18.7 Å². The quantitative estimate of drug-likeness (QED) is 0.731. The third-order valence-electron chi connectivity index (χ3n) is 2.55. The molecule has 2 rings (SSSR count). The highest BCUT2D eigenvalue weighted by atomic mass is 32.1. The summed E-state index contributed by atoms with van der Waals surface area (Å²) < 4.78 is 0. The molecule has 0 bridgehead atoms. The van der Waals surface area contributed by atoms with Crippen molar-refractivity contribution in [2.75, 3.05) is 6.54 Å². The summed E-state index contributed by atoms with van der Waals surface area (Å²) in [6.45, 7) is 2.59. The lowest BCUT2D eigenvalue weighted by molar-refractivity contribution is 0.0951. The van der Waals surface area contributed by atoms with Crippen LogP contribution in [0, 0.1) is 18.8 Å².